The number of thiazole rings is 2. The zero-order valence-electron chi connectivity index (χ0n) is 47.0. The molecule has 8 aromatic rings. The number of carbonyl (C=O) groups excluding carboxylic acids is 1. The first-order chi connectivity index (χ1) is 39.9. The number of carboxylic acids is 1. The molecular formula is C61H64Cl4N6O10S2. The number of benzene rings is 4. The predicted molar refractivity (Wildman–Crippen MR) is 326 cm³/mol. The topological polar surface area (TPSA) is 185 Å². The van der Waals surface area contributed by atoms with Crippen molar-refractivity contribution in [1.29, 1.82) is 0 Å². The van der Waals surface area contributed by atoms with Crippen LogP contribution in [0.1, 0.15) is 147 Å². The molecule has 1 N–H and O–H groups in total. The minimum atomic E-state index is -0.989. The number of aromatic nitrogens is 4. The number of carbonyl (C=O) groups is 2. The molecule has 4 heterocycles. The maximum atomic E-state index is 12.3. The van der Waals surface area contributed by atoms with Gasteiger partial charge >= 0.3 is 11.9 Å². The van der Waals surface area contributed by atoms with Crippen molar-refractivity contribution in [2.45, 2.75) is 153 Å². The highest BCUT2D eigenvalue weighted by Crippen LogP contribution is 2.49. The number of fused-ring (bicyclic) bond motifs is 2. The third-order valence-electron chi connectivity index (χ3n) is 15.6. The van der Waals surface area contributed by atoms with Gasteiger partial charge in [0.2, 0.25) is 0 Å². The Bertz CT molecular complexity index is 3650. The fourth-order valence-corrected chi connectivity index (χ4v) is 14.2. The van der Waals surface area contributed by atoms with Gasteiger partial charge in [0.1, 0.15) is 45.4 Å². The van der Waals surface area contributed by atoms with Crippen LogP contribution in [0.5, 0.6) is 11.5 Å². The highest BCUT2D eigenvalue weighted by Gasteiger charge is 2.38. The summed E-state index contributed by atoms with van der Waals surface area (Å²) in [5, 5.41) is 22.2. The van der Waals surface area contributed by atoms with Crippen LogP contribution in [0.2, 0.25) is 20.1 Å². The van der Waals surface area contributed by atoms with Crippen LogP contribution in [0.15, 0.2) is 69.7 Å². The van der Waals surface area contributed by atoms with E-state index in [0.717, 1.165) is 112 Å². The van der Waals surface area contributed by atoms with E-state index in [-0.39, 0.29) is 42.1 Å². The second kappa shape index (κ2) is 25.1. The summed E-state index contributed by atoms with van der Waals surface area (Å²) in [6.07, 6.45) is 9.78. The summed E-state index contributed by atoms with van der Waals surface area (Å²) >= 11 is 29.1. The van der Waals surface area contributed by atoms with E-state index in [9.17, 15) is 14.7 Å². The molecule has 12 rings (SSSR count). The number of methoxy groups -OCH3 is 1. The summed E-state index contributed by atoms with van der Waals surface area (Å²) in [6.45, 7) is 8.50. The zero-order valence-corrected chi connectivity index (χ0v) is 51.7. The van der Waals surface area contributed by atoms with Gasteiger partial charge < -0.3 is 47.6 Å². The molecule has 0 amide bonds. The summed E-state index contributed by atoms with van der Waals surface area (Å²) in [5.74, 6) is 2.18. The first-order valence-electron chi connectivity index (χ1n) is 28.0. The molecule has 4 aromatic heterocycles. The molecule has 0 saturated heterocycles. The lowest BCUT2D eigenvalue weighted by Gasteiger charge is -2.24. The van der Waals surface area contributed by atoms with Gasteiger partial charge in [-0.2, -0.15) is 0 Å². The van der Waals surface area contributed by atoms with Crippen molar-refractivity contribution in [2.75, 3.05) is 31.0 Å². The molecule has 4 saturated carbocycles. The van der Waals surface area contributed by atoms with Crippen LogP contribution < -0.4 is 19.3 Å². The molecule has 4 aromatic carbocycles. The van der Waals surface area contributed by atoms with E-state index in [1.54, 1.807) is 41.7 Å². The van der Waals surface area contributed by atoms with E-state index < -0.39 is 11.9 Å². The number of ether oxygens (including phenoxy) is 5. The van der Waals surface area contributed by atoms with Crippen LogP contribution in [0.4, 0.5) is 10.3 Å². The van der Waals surface area contributed by atoms with Crippen LogP contribution >= 0.6 is 69.1 Å². The fraction of sp³-hybridized carbons (Fsp3) is 0.443. The number of esters is 1. The normalized spacial score (nSPS) is 18.8. The van der Waals surface area contributed by atoms with Crippen LogP contribution in [0, 0.1) is 0 Å². The standard InChI is InChI=1S/C31H33Cl2N3O5S.C30H31Cl2N3O5S/c1-16(2)40-24-12-18(30(37)38-4)13-25-28(24)34-31(42-25)36(3)19-10-11-20(14-19)39-15-21-27(35-41-29(21)17-8-9-17)26-22(32)6-5-7-23(26)33;1-15(2)39-23-11-17(29(36)37)12-24-27(23)33-30(41-24)35(3)18-9-10-19(13-18)38-14-20-26(34-40-28(20)16-7-8-16)25-21(31)5-4-6-22(25)32/h5-7,12-13,16-17,19-20H,8-11,14-15H2,1-4H3;4-6,11-12,15-16,18-19H,7-10,13-14H2,1-3H3,(H,36,37)/t19-,20+;18-,19+/m11/s1. The number of aromatic carboxylic acids is 1. The lowest BCUT2D eigenvalue weighted by Crippen LogP contribution is -2.29. The van der Waals surface area contributed by atoms with Gasteiger partial charge in [-0.25, -0.2) is 19.6 Å². The Morgan fingerprint density at radius 3 is 1.42 bits per heavy atom. The average molecular weight is 1250 g/mol. The van der Waals surface area contributed by atoms with Gasteiger partial charge in [-0.1, -0.05) is 91.5 Å². The quantitative estimate of drug-likeness (QED) is 0.0710. The summed E-state index contributed by atoms with van der Waals surface area (Å²) in [6, 6.07) is 18.1. The largest absolute Gasteiger partial charge is 0.489 e. The van der Waals surface area contributed by atoms with Gasteiger partial charge in [0.15, 0.2) is 10.3 Å². The van der Waals surface area contributed by atoms with Crippen LogP contribution in [-0.4, -0.2) is 95.0 Å². The lowest BCUT2D eigenvalue weighted by molar-refractivity contribution is 0.0440. The van der Waals surface area contributed by atoms with Crippen molar-refractivity contribution < 1.29 is 47.4 Å². The number of carboxylic acid groups (broad SMARTS) is 1. The van der Waals surface area contributed by atoms with E-state index in [0.29, 0.717) is 90.2 Å². The molecule has 83 heavy (non-hydrogen) atoms. The maximum absolute atomic E-state index is 12.3. The Morgan fingerprint density at radius 1 is 0.627 bits per heavy atom. The van der Waals surface area contributed by atoms with Crippen molar-refractivity contribution in [3.8, 4) is 34.0 Å². The molecule has 22 heteroatoms. The second-order valence-electron chi connectivity index (χ2n) is 22.3. The summed E-state index contributed by atoms with van der Waals surface area (Å²) in [7, 11) is 5.48. The smallest absolute Gasteiger partial charge is 0.338 e. The van der Waals surface area contributed by atoms with E-state index in [4.69, 9.17) is 89.1 Å². The molecule has 16 nitrogen and oxygen atoms in total. The van der Waals surface area contributed by atoms with E-state index in [1.807, 2.05) is 65.1 Å². The molecule has 4 aliphatic rings. The maximum Gasteiger partial charge on any atom is 0.338 e. The minimum absolute atomic E-state index is 0.0583. The minimum Gasteiger partial charge on any atom is -0.489 e. The molecule has 438 valence electrons. The number of halogens is 4. The molecular weight excluding hydrogens is 1180 g/mol. The van der Waals surface area contributed by atoms with E-state index in [2.05, 4.69) is 27.2 Å². The number of hydrogen-bond acceptors (Lipinski definition) is 17. The SMILES string of the molecule is CC(C)Oc1cc(C(=O)O)cc2sc(N(C)[C@@H]3CC[C@H](OCc4c(-c5c(Cl)cccc5Cl)noc4C4CC4)C3)nc12.COC(=O)c1cc(OC(C)C)c2nc(N(C)[C@@H]3CC[C@H](OCc4c(-c5c(Cl)cccc5Cl)noc4C4CC4)C3)sc2c1. The zero-order chi connectivity index (χ0) is 58.4. The number of anilines is 2. The Hall–Kier alpha value is -5.70. The Balaban J connectivity index is 0.000000174. The van der Waals surface area contributed by atoms with Gasteiger partial charge in [-0.05, 0) is 140 Å². The van der Waals surface area contributed by atoms with Gasteiger partial charge in [0, 0.05) is 60.3 Å². The molecule has 0 spiro atoms. The molecule has 4 aliphatic carbocycles. The van der Waals surface area contributed by atoms with Crippen molar-refractivity contribution in [3.05, 3.63) is 115 Å². The number of rotatable bonds is 20. The Labute approximate surface area is 509 Å². The highest BCUT2D eigenvalue weighted by atomic mass is 35.5. The van der Waals surface area contributed by atoms with Crippen molar-refractivity contribution in [3.63, 3.8) is 0 Å². The summed E-state index contributed by atoms with van der Waals surface area (Å²) < 4.78 is 43.1. The molecule has 0 bridgehead atoms. The molecule has 0 unspecified atom stereocenters. The Morgan fingerprint density at radius 2 is 1.04 bits per heavy atom. The van der Waals surface area contributed by atoms with Crippen LogP contribution in [0.3, 0.4) is 0 Å². The average Bonchev–Trinajstić information content (AvgIpc) is 4.05. The molecule has 4 atom stereocenters. The predicted octanol–water partition coefficient (Wildman–Crippen LogP) is 16.5. The monoisotopic (exact) mass is 1240 g/mol. The van der Waals surface area contributed by atoms with Gasteiger partial charge in [-0.15, -0.1) is 0 Å². The van der Waals surface area contributed by atoms with Crippen molar-refractivity contribution in [1.82, 2.24) is 20.3 Å². The first kappa shape index (κ1) is 59.0. The second-order valence-corrected chi connectivity index (χ2v) is 25.9. The third-order valence-corrected chi connectivity index (χ3v) is 19.0. The van der Waals surface area contributed by atoms with Gasteiger partial charge in [0.05, 0.1) is 85.4 Å². The lowest BCUT2D eigenvalue weighted by atomic mass is 10.0. The van der Waals surface area contributed by atoms with Crippen LogP contribution in [-0.2, 0) is 27.4 Å². The number of nitrogens with zero attached hydrogens (tertiary/aromatic N) is 6. The van der Waals surface area contributed by atoms with Crippen molar-refractivity contribution in [2.24, 2.45) is 0 Å². The molecule has 0 radical (unpaired) electrons. The highest BCUT2D eigenvalue weighted by molar-refractivity contribution is 7.22. The van der Waals surface area contributed by atoms with Crippen molar-refractivity contribution >= 4 is 112 Å². The molecule has 0 aliphatic heterocycles. The third kappa shape index (κ3) is 13.0. The number of hydrogen-bond donors (Lipinski definition) is 1. The fourth-order valence-electron chi connectivity index (χ4n) is 11.0. The van der Waals surface area contributed by atoms with Gasteiger partial charge in [0.25, 0.3) is 0 Å². The van der Waals surface area contributed by atoms with E-state index in [1.165, 1.54) is 18.4 Å². The van der Waals surface area contributed by atoms with Crippen LogP contribution in [0.25, 0.3) is 42.9 Å². The summed E-state index contributed by atoms with van der Waals surface area (Å²) in [5.41, 5.74) is 6.63. The molecule has 4 fully saturated rings. The first-order valence-corrected chi connectivity index (χ1v) is 31.2. The van der Waals surface area contributed by atoms with E-state index >= 15 is 0 Å². The van der Waals surface area contributed by atoms with Gasteiger partial charge in [-0.3, -0.25) is 0 Å². The summed E-state index contributed by atoms with van der Waals surface area (Å²) in [4.78, 5) is 38.2. The Kier molecular flexibility index (Phi) is 17.9.